The number of aliphatic hydroxyl groups excluding tert-OH is 1. The van der Waals surface area contributed by atoms with Crippen LogP contribution in [0.2, 0.25) is 10.0 Å². The van der Waals surface area contributed by atoms with Crippen molar-refractivity contribution in [2.45, 2.75) is 19.9 Å². The van der Waals surface area contributed by atoms with Gasteiger partial charge in [-0.1, -0.05) is 53.3 Å². The molecule has 1 saturated heterocycles. The molecule has 0 saturated carbocycles. The van der Waals surface area contributed by atoms with Crippen LogP contribution in [0.5, 0.6) is 5.75 Å². The average Bonchev–Trinajstić information content (AvgIpc) is 3.38. The molecular weight excluding hydrogens is 551 g/mol. The van der Waals surface area contributed by atoms with Crippen LogP contribution in [0.1, 0.15) is 38.1 Å². The Kier molecular flexibility index (Phi) is 7.91. The number of hydrogen-bond acceptors (Lipinski definition) is 8. The van der Waals surface area contributed by atoms with Gasteiger partial charge in [0.1, 0.15) is 23.0 Å². The van der Waals surface area contributed by atoms with E-state index in [9.17, 15) is 19.5 Å². The summed E-state index contributed by atoms with van der Waals surface area (Å²) in [5, 5.41) is 11.9. The molecule has 0 bridgehead atoms. The summed E-state index contributed by atoms with van der Waals surface area (Å²) in [4.78, 5) is 45.0. The van der Waals surface area contributed by atoms with E-state index in [2.05, 4.69) is 11.6 Å². The van der Waals surface area contributed by atoms with E-state index in [0.717, 1.165) is 16.2 Å². The minimum absolute atomic E-state index is 0.00230. The van der Waals surface area contributed by atoms with Crippen LogP contribution in [0, 0.1) is 13.8 Å². The second-order valence-electron chi connectivity index (χ2n) is 8.32. The van der Waals surface area contributed by atoms with Crippen molar-refractivity contribution >= 4 is 63.1 Å². The Bertz CT molecular complexity index is 1510. The largest absolute Gasteiger partial charge is 0.507 e. The number of carbonyl (C=O) groups is 3. The number of thiazole rings is 1. The zero-order valence-electron chi connectivity index (χ0n) is 20.6. The van der Waals surface area contributed by atoms with Gasteiger partial charge in [0.25, 0.3) is 5.78 Å². The Balaban J connectivity index is 1.92. The molecule has 3 aromatic rings. The normalized spacial score (nSPS) is 16.6. The molecule has 2 heterocycles. The van der Waals surface area contributed by atoms with Gasteiger partial charge in [0.2, 0.25) is 0 Å². The van der Waals surface area contributed by atoms with Gasteiger partial charge in [0.15, 0.2) is 5.13 Å². The van der Waals surface area contributed by atoms with Gasteiger partial charge >= 0.3 is 11.9 Å². The number of anilines is 1. The topological polar surface area (TPSA) is 106 Å². The number of aromatic nitrogens is 1. The maximum absolute atomic E-state index is 13.4. The smallest absolute Gasteiger partial charge is 0.350 e. The predicted octanol–water partition coefficient (Wildman–Crippen LogP) is 6.04. The standard InChI is InChI=1S/C27H22Cl2N2O6S/c1-5-10-37-26(35)24-14(3)30-27(38-24)31-21(17-8-7-16(28)12-18(17)29)20(23(33)25(31)34)22(32)15-6-9-19(36-4)13(2)11-15/h5-9,11-12,21,32H,1,10H2,2-4H3/t21-/m0/s1. The lowest BCUT2D eigenvalue weighted by atomic mass is 9.95. The van der Waals surface area contributed by atoms with Gasteiger partial charge in [-0.3, -0.25) is 14.5 Å². The van der Waals surface area contributed by atoms with Crippen molar-refractivity contribution < 1.29 is 29.0 Å². The quantitative estimate of drug-likeness (QED) is 0.121. The van der Waals surface area contributed by atoms with E-state index in [4.69, 9.17) is 32.7 Å². The van der Waals surface area contributed by atoms with Crippen LogP contribution in [-0.4, -0.2) is 41.5 Å². The number of rotatable bonds is 7. The van der Waals surface area contributed by atoms with Crippen LogP contribution in [0.25, 0.3) is 5.76 Å². The first-order chi connectivity index (χ1) is 18.1. The van der Waals surface area contributed by atoms with E-state index in [1.54, 1.807) is 44.2 Å². The molecule has 0 unspecified atom stereocenters. The lowest BCUT2D eigenvalue weighted by Crippen LogP contribution is -2.29. The molecule has 8 nitrogen and oxygen atoms in total. The van der Waals surface area contributed by atoms with Crippen molar-refractivity contribution in [1.29, 1.82) is 0 Å². The molecule has 1 aromatic heterocycles. The van der Waals surface area contributed by atoms with Crippen molar-refractivity contribution in [1.82, 2.24) is 4.98 Å². The number of ketones is 1. The Morgan fingerprint density at radius 1 is 1.21 bits per heavy atom. The highest BCUT2D eigenvalue weighted by molar-refractivity contribution is 7.17. The molecule has 1 aliphatic heterocycles. The summed E-state index contributed by atoms with van der Waals surface area (Å²) in [5.41, 5.74) is 1.48. The molecule has 1 atom stereocenters. The molecule has 1 aliphatic rings. The Hall–Kier alpha value is -3.66. The predicted molar refractivity (Wildman–Crippen MR) is 146 cm³/mol. The minimum Gasteiger partial charge on any atom is -0.507 e. The van der Waals surface area contributed by atoms with Gasteiger partial charge in [0, 0.05) is 15.6 Å². The summed E-state index contributed by atoms with van der Waals surface area (Å²) in [6, 6.07) is 8.33. The van der Waals surface area contributed by atoms with Crippen molar-refractivity contribution in [3.8, 4) is 5.75 Å². The number of nitrogens with zero attached hydrogens (tertiary/aromatic N) is 2. The van der Waals surface area contributed by atoms with E-state index in [-0.39, 0.29) is 27.2 Å². The molecule has 196 valence electrons. The van der Waals surface area contributed by atoms with E-state index < -0.39 is 29.5 Å². The molecule has 0 aliphatic carbocycles. The number of aryl methyl sites for hydroxylation is 2. The van der Waals surface area contributed by atoms with Gasteiger partial charge in [-0.2, -0.15) is 0 Å². The Morgan fingerprint density at radius 2 is 1.95 bits per heavy atom. The number of benzene rings is 2. The zero-order valence-corrected chi connectivity index (χ0v) is 22.9. The van der Waals surface area contributed by atoms with Crippen molar-refractivity contribution in [3.05, 3.63) is 91.9 Å². The fourth-order valence-corrected chi connectivity index (χ4v) is 5.60. The number of ether oxygens (including phenoxy) is 2. The van der Waals surface area contributed by atoms with Gasteiger partial charge in [-0.15, -0.1) is 0 Å². The number of amides is 1. The first kappa shape index (κ1) is 27.4. The Morgan fingerprint density at radius 3 is 2.58 bits per heavy atom. The molecule has 0 spiro atoms. The van der Waals surface area contributed by atoms with Crippen LogP contribution < -0.4 is 9.64 Å². The summed E-state index contributed by atoms with van der Waals surface area (Å²) in [5.74, 6) is -2.32. The van der Waals surface area contributed by atoms with Gasteiger partial charge < -0.3 is 14.6 Å². The SMILES string of the molecule is C=CCOC(=O)c1sc(N2C(=O)C(=O)C(=C(O)c3ccc(OC)c(C)c3)[C@@H]2c2ccc(Cl)cc2Cl)nc1C. The van der Waals surface area contributed by atoms with Crippen LogP contribution in [-0.2, 0) is 14.3 Å². The second kappa shape index (κ2) is 11.0. The van der Waals surface area contributed by atoms with Crippen LogP contribution in [0.15, 0.2) is 54.6 Å². The second-order valence-corrected chi connectivity index (χ2v) is 10.1. The maximum atomic E-state index is 13.4. The van der Waals surface area contributed by atoms with E-state index in [1.165, 1.54) is 19.3 Å². The highest BCUT2D eigenvalue weighted by Crippen LogP contribution is 2.46. The van der Waals surface area contributed by atoms with Gasteiger partial charge in [-0.05, 0) is 55.3 Å². The van der Waals surface area contributed by atoms with Gasteiger partial charge in [0.05, 0.1) is 24.4 Å². The van der Waals surface area contributed by atoms with E-state index in [0.29, 0.717) is 33.2 Å². The van der Waals surface area contributed by atoms with E-state index in [1.807, 2.05) is 0 Å². The number of carbonyl (C=O) groups excluding carboxylic acids is 3. The number of esters is 1. The molecule has 4 rings (SSSR count). The van der Waals surface area contributed by atoms with Gasteiger partial charge in [-0.25, -0.2) is 9.78 Å². The average molecular weight is 573 g/mol. The third-order valence-corrected chi connectivity index (χ3v) is 7.58. The Labute approximate surface area is 232 Å². The fourth-order valence-electron chi connectivity index (χ4n) is 4.10. The zero-order chi connectivity index (χ0) is 27.7. The molecule has 2 aromatic carbocycles. The first-order valence-electron chi connectivity index (χ1n) is 11.2. The number of hydrogen-bond donors (Lipinski definition) is 1. The molecular formula is C27H22Cl2N2O6S. The monoisotopic (exact) mass is 572 g/mol. The fraction of sp³-hybridized carbons (Fsp3) is 0.185. The van der Waals surface area contributed by atoms with Crippen molar-refractivity contribution in [2.24, 2.45) is 0 Å². The van der Waals surface area contributed by atoms with Crippen molar-refractivity contribution in [3.63, 3.8) is 0 Å². The highest BCUT2D eigenvalue weighted by atomic mass is 35.5. The number of halogens is 2. The summed E-state index contributed by atoms with van der Waals surface area (Å²) >= 11 is 13.5. The first-order valence-corrected chi connectivity index (χ1v) is 12.8. The molecule has 1 amide bonds. The lowest BCUT2D eigenvalue weighted by molar-refractivity contribution is -0.132. The van der Waals surface area contributed by atoms with Crippen LogP contribution in [0.4, 0.5) is 5.13 Å². The minimum atomic E-state index is -1.15. The summed E-state index contributed by atoms with van der Waals surface area (Å²) < 4.78 is 10.4. The van der Waals surface area contributed by atoms with Crippen molar-refractivity contribution in [2.75, 3.05) is 18.6 Å². The number of methoxy groups -OCH3 is 1. The summed E-state index contributed by atoms with van der Waals surface area (Å²) in [6.07, 6.45) is 1.43. The third-order valence-electron chi connectivity index (χ3n) is 5.88. The number of aliphatic hydroxyl groups is 1. The molecule has 1 fully saturated rings. The third kappa shape index (κ3) is 4.92. The molecule has 0 radical (unpaired) electrons. The maximum Gasteiger partial charge on any atom is 0.350 e. The van der Waals surface area contributed by atoms with Crippen LogP contribution >= 0.6 is 34.5 Å². The summed E-state index contributed by atoms with van der Waals surface area (Å²) in [7, 11) is 1.52. The number of Topliss-reactive ketones (excluding diaryl/α,β-unsaturated/α-hetero) is 1. The molecule has 11 heteroatoms. The molecule has 1 N–H and O–H groups in total. The molecule has 38 heavy (non-hydrogen) atoms. The summed E-state index contributed by atoms with van der Waals surface area (Å²) in [6.45, 7) is 6.89. The highest BCUT2D eigenvalue weighted by Gasteiger charge is 2.49. The van der Waals surface area contributed by atoms with E-state index >= 15 is 0 Å². The van der Waals surface area contributed by atoms with Crippen LogP contribution in [0.3, 0.4) is 0 Å². The lowest BCUT2D eigenvalue weighted by Gasteiger charge is -2.24.